The summed E-state index contributed by atoms with van der Waals surface area (Å²) in [6.07, 6.45) is -2.68. The molecule has 4 rings (SSSR count). The number of amides is 2. The van der Waals surface area contributed by atoms with Gasteiger partial charge in [-0.1, -0.05) is 23.4 Å². The second kappa shape index (κ2) is 7.22. The molecule has 2 amide bonds. The Morgan fingerprint density at radius 3 is 2.59 bits per heavy atom. The minimum absolute atomic E-state index is 0.0501. The molecule has 0 spiro atoms. The maximum Gasteiger partial charge on any atom is 0.276 e. The number of aromatic nitrogens is 1. The summed E-state index contributed by atoms with van der Waals surface area (Å²) in [7, 11) is 0. The molecule has 9 heteroatoms. The average Bonchev–Trinajstić information content (AvgIpc) is 3.24. The molecule has 154 valence electrons. The van der Waals surface area contributed by atoms with Crippen LogP contribution in [-0.4, -0.2) is 70.3 Å². The zero-order valence-corrected chi connectivity index (χ0v) is 15.8. The first-order chi connectivity index (χ1) is 13.8. The van der Waals surface area contributed by atoms with E-state index in [2.05, 4.69) is 5.16 Å². The van der Waals surface area contributed by atoms with Crippen LogP contribution in [0.1, 0.15) is 21.8 Å². The number of carbonyl (C=O) groups is 2. The van der Waals surface area contributed by atoms with Crippen molar-refractivity contribution in [2.24, 2.45) is 5.41 Å². The Morgan fingerprint density at radius 2 is 2.00 bits per heavy atom. The van der Waals surface area contributed by atoms with Gasteiger partial charge in [0.25, 0.3) is 5.91 Å². The highest BCUT2D eigenvalue weighted by Gasteiger charge is 2.54. The van der Waals surface area contributed by atoms with Crippen molar-refractivity contribution in [3.8, 4) is 0 Å². The third-order valence-electron chi connectivity index (χ3n) is 5.57. The molecule has 1 aromatic heterocycles. The summed E-state index contributed by atoms with van der Waals surface area (Å²) in [6.45, 7) is 1.44. The summed E-state index contributed by atoms with van der Waals surface area (Å²) in [6, 6.07) is 7.64. The van der Waals surface area contributed by atoms with E-state index in [1.165, 1.54) is 21.9 Å². The Bertz CT molecular complexity index is 931. The van der Waals surface area contributed by atoms with Crippen LogP contribution in [0.15, 0.2) is 34.9 Å². The molecule has 29 heavy (non-hydrogen) atoms. The normalized spacial score (nSPS) is 23.2. The molecule has 0 saturated carbocycles. The summed E-state index contributed by atoms with van der Waals surface area (Å²) in [5.41, 5.74) is -0.600. The number of likely N-dealkylation sites (tertiary alicyclic amines) is 2. The lowest BCUT2D eigenvalue weighted by Gasteiger charge is -2.50. The molecular formula is C20H21F2N3O4. The number of aliphatic hydroxyl groups excluding tert-OH is 1. The second-order valence-electron chi connectivity index (χ2n) is 7.83. The summed E-state index contributed by atoms with van der Waals surface area (Å²) >= 11 is 0. The van der Waals surface area contributed by atoms with Gasteiger partial charge in [-0.25, -0.2) is 8.78 Å². The molecule has 0 unspecified atom stereocenters. The summed E-state index contributed by atoms with van der Waals surface area (Å²) in [5.74, 6) is -0.729. The molecular weight excluding hydrogens is 384 g/mol. The topological polar surface area (TPSA) is 86.9 Å². The van der Waals surface area contributed by atoms with Crippen LogP contribution in [0.2, 0.25) is 0 Å². The first-order valence-corrected chi connectivity index (χ1v) is 9.36. The van der Waals surface area contributed by atoms with Gasteiger partial charge in [-0.15, -0.1) is 0 Å². The third kappa shape index (κ3) is 3.50. The summed E-state index contributed by atoms with van der Waals surface area (Å²) in [4.78, 5) is 28.5. The lowest BCUT2D eigenvalue weighted by molar-refractivity contribution is -0.150. The van der Waals surface area contributed by atoms with Gasteiger partial charge < -0.3 is 19.4 Å². The number of carbonyl (C=O) groups excluding carboxylic acids is 2. The summed E-state index contributed by atoms with van der Waals surface area (Å²) in [5, 5.41) is 13.4. The van der Waals surface area contributed by atoms with E-state index in [0.717, 1.165) is 0 Å². The number of aryl methyl sites for hydroxylation is 1. The van der Waals surface area contributed by atoms with Gasteiger partial charge in [0.05, 0.1) is 12.0 Å². The molecule has 2 fully saturated rings. The monoisotopic (exact) mass is 405 g/mol. The average molecular weight is 405 g/mol. The number of benzene rings is 1. The van der Waals surface area contributed by atoms with Crippen molar-refractivity contribution in [1.29, 1.82) is 0 Å². The fourth-order valence-corrected chi connectivity index (χ4v) is 4.03. The highest BCUT2D eigenvalue weighted by atomic mass is 19.1. The van der Waals surface area contributed by atoms with Crippen LogP contribution < -0.4 is 0 Å². The van der Waals surface area contributed by atoms with Gasteiger partial charge in [-0.05, 0) is 25.0 Å². The smallest absolute Gasteiger partial charge is 0.276 e. The molecule has 2 saturated heterocycles. The molecule has 2 aliphatic rings. The quantitative estimate of drug-likeness (QED) is 0.830. The number of rotatable bonds is 4. The van der Waals surface area contributed by atoms with Crippen molar-refractivity contribution in [1.82, 2.24) is 15.0 Å². The van der Waals surface area contributed by atoms with E-state index in [0.29, 0.717) is 11.3 Å². The number of alkyl halides is 1. The Kier molecular flexibility index (Phi) is 4.85. The molecule has 0 aliphatic carbocycles. The van der Waals surface area contributed by atoms with E-state index >= 15 is 0 Å². The Labute approximate surface area is 165 Å². The Hall–Kier alpha value is -2.81. The maximum absolute atomic E-state index is 14.2. The first kappa shape index (κ1) is 19.5. The molecule has 2 aromatic rings. The first-order valence-electron chi connectivity index (χ1n) is 9.36. The van der Waals surface area contributed by atoms with Crippen molar-refractivity contribution < 1.29 is 28.0 Å². The van der Waals surface area contributed by atoms with Gasteiger partial charge in [0.2, 0.25) is 5.91 Å². The van der Waals surface area contributed by atoms with Crippen molar-refractivity contribution in [2.75, 3.05) is 26.2 Å². The molecule has 2 atom stereocenters. The van der Waals surface area contributed by atoms with Crippen molar-refractivity contribution in [3.05, 3.63) is 53.2 Å². The number of nitrogens with zero attached hydrogens (tertiary/aromatic N) is 3. The SMILES string of the molecule is Cc1cc(C(=O)N2CC(Cc3ccccc3F)(C(=O)N3C[C@@H](O)[C@H](F)C3)C2)no1. The van der Waals surface area contributed by atoms with Gasteiger partial charge in [-0.3, -0.25) is 9.59 Å². The van der Waals surface area contributed by atoms with Gasteiger partial charge >= 0.3 is 0 Å². The van der Waals surface area contributed by atoms with Crippen LogP contribution in [0.5, 0.6) is 0 Å². The fraction of sp³-hybridized carbons (Fsp3) is 0.450. The number of hydrogen-bond donors (Lipinski definition) is 1. The van der Waals surface area contributed by atoms with E-state index < -0.39 is 23.5 Å². The van der Waals surface area contributed by atoms with E-state index in [-0.39, 0.29) is 50.1 Å². The highest BCUT2D eigenvalue weighted by molar-refractivity contribution is 5.95. The minimum Gasteiger partial charge on any atom is -0.388 e. The number of aliphatic hydroxyl groups is 1. The number of halogens is 2. The van der Waals surface area contributed by atoms with E-state index in [4.69, 9.17) is 4.52 Å². The van der Waals surface area contributed by atoms with Crippen molar-refractivity contribution in [2.45, 2.75) is 25.6 Å². The highest BCUT2D eigenvalue weighted by Crippen LogP contribution is 2.38. The lowest BCUT2D eigenvalue weighted by Crippen LogP contribution is -2.66. The zero-order chi connectivity index (χ0) is 20.8. The van der Waals surface area contributed by atoms with Gasteiger partial charge in [0, 0.05) is 25.7 Å². The number of hydrogen-bond acceptors (Lipinski definition) is 5. The van der Waals surface area contributed by atoms with Crippen LogP contribution in [0.25, 0.3) is 0 Å². The van der Waals surface area contributed by atoms with Crippen LogP contribution in [-0.2, 0) is 11.2 Å². The lowest BCUT2D eigenvalue weighted by atomic mass is 9.73. The standard InChI is InChI=1S/C20H21F2N3O4/c1-12-6-16(23-29-12)18(27)25-10-20(11-25,7-13-4-2-3-5-14(13)21)19(28)24-8-15(22)17(26)9-24/h2-6,15,17,26H,7-11H2,1H3/t15-,17-/m1/s1. The maximum atomic E-state index is 14.2. The Morgan fingerprint density at radius 1 is 1.28 bits per heavy atom. The molecule has 7 nitrogen and oxygen atoms in total. The molecule has 1 aromatic carbocycles. The van der Waals surface area contributed by atoms with Crippen LogP contribution in [0, 0.1) is 18.2 Å². The summed E-state index contributed by atoms with van der Waals surface area (Å²) < 4.78 is 32.9. The fourth-order valence-electron chi connectivity index (χ4n) is 4.03. The molecule has 1 N–H and O–H groups in total. The van der Waals surface area contributed by atoms with Gasteiger partial charge in [0.1, 0.15) is 23.9 Å². The van der Waals surface area contributed by atoms with Crippen LogP contribution in [0.3, 0.4) is 0 Å². The molecule has 3 heterocycles. The van der Waals surface area contributed by atoms with Crippen LogP contribution in [0.4, 0.5) is 8.78 Å². The van der Waals surface area contributed by atoms with Crippen molar-refractivity contribution in [3.63, 3.8) is 0 Å². The predicted octanol–water partition coefficient (Wildman–Crippen LogP) is 1.35. The Balaban J connectivity index is 1.57. The number of β-amino-alcohol motifs (C(OH)–C–C–N with tert-alkyl or cyclic N) is 1. The van der Waals surface area contributed by atoms with E-state index in [1.807, 2.05) is 0 Å². The minimum atomic E-state index is -1.51. The van der Waals surface area contributed by atoms with Gasteiger partial charge in [-0.2, -0.15) is 0 Å². The van der Waals surface area contributed by atoms with E-state index in [9.17, 15) is 23.5 Å². The largest absolute Gasteiger partial charge is 0.388 e. The predicted molar refractivity (Wildman–Crippen MR) is 97.2 cm³/mol. The second-order valence-corrected chi connectivity index (χ2v) is 7.83. The van der Waals surface area contributed by atoms with Crippen LogP contribution >= 0.6 is 0 Å². The van der Waals surface area contributed by atoms with Gasteiger partial charge in [0.15, 0.2) is 5.69 Å². The third-order valence-corrected chi connectivity index (χ3v) is 5.57. The molecule has 2 aliphatic heterocycles. The molecule has 0 radical (unpaired) electrons. The van der Waals surface area contributed by atoms with E-state index in [1.54, 1.807) is 25.1 Å². The zero-order valence-electron chi connectivity index (χ0n) is 15.8. The van der Waals surface area contributed by atoms with Crippen molar-refractivity contribution >= 4 is 11.8 Å². The molecule has 0 bridgehead atoms.